The highest BCUT2D eigenvalue weighted by Crippen LogP contribution is 2.39. The van der Waals surface area contributed by atoms with Gasteiger partial charge in [0.2, 0.25) is 0 Å². The van der Waals surface area contributed by atoms with Crippen LogP contribution in [0.2, 0.25) is 0 Å². The standard InChI is InChI=1S/C19H19FN4O3/c1-2-27-19(26)14-11-21-24-9-7-17(22-18(14)24)23-8-3-4-15(23)13-10-12(20)5-6-16(13)25/h5-7,9-11,15,25H,2-4,8H2,1H3. The number of fused-ring (bicyclic) bond motifs is 1. The molecule has 4 rings (SSSR count). The van der Waals surface area contributed by atoms with Crippen molar-refractivity contribution in [3.05, 3.63) is 53.6 Å². The van der Waals surface area contributed by atoms with Crippen LogP contribution in [0.5, 0.6) is 5.75 Å². The first kappa shape index (κ1) is 17.3. The third kappa shape index (κ3) is 3.07. The number of hydrogen-bond donors (Lipinski definition) is 1. The van der Waals surface area contributed by atoms with Crippen molar-refractivity contribution in [2.75, 3.05) is 18.1 Å². The lowest BCUT2D eigenvalue weighted by atomic mass is 10.0. The number of rotatable bonds is 4. The lowest BCUT2D eigenvalue weighted by Gasteiger charge is -2.26. The van der Waals surface area contributed by atoms with Gasteiger partial charge in [0.05, 0.1) is 18.8 Å². The average molecular weight is 370 g/mol. The van der Waals surface area contributed by atoms with Crippen molar-refractivity contribution >= 4 is 17.4 Å². The van der Waals surface area contributed by atoms with Gasteiger partial charge in [-0.3, -0.25) is 0 Å². The molecule has 7 nitrogen and oxygen atoms in total. The molecule has 0 bridgehead atoms. The van der Waals surface area contributed by atoms with Gasteiger partial charge in [-0.2, -0.15) is 5.10 Å². The minimum Gasteiger partial charge on any atom is -0.508 e. The molecule has 1 fully saturated rings. The number of carbonyl (C=O) groups excluding carboxylic acids is 1. The molecule has 0 aliphatic carbocycles. The van der Waals surface area contributed by atoms with Gasteiger partial charge in [-0.1, -0.05) is 0 Å². The maximum atomic E-state index is 13.7. The number of anilines is 1. The molecule has 0 saturated carbocycles. The van der Waals surface area contributed by atoms with Gasteiger partial charge in [0, 0.05) is 18.3 Å². The molecule has 1 aliphatic rings. The van der Waals surface area contributed by atoms with E-state index in [-0.39, 0.29) is 18.4 Å². The van der Waals surface area contributed by atoms with E-state index in [0.717, 1.165) is 12.8 Å². The Morgan fingerprint density at radius 3 is 3.07 bits per heavy atom. The lowest BCUT2D eigenvalue weighted by Crippen LogP contribution is -2.24. The quantitative estimate of drug-likeness (QED) is 0.711. The summed E-state index contributed by atoms with van der Waals surface area (Å²) in [5.74, 6) is -0.165. The smallest absolute Gasteiger partial charge is 0.343 e. The molecule has 1 atom stereocenters. The maximum Gasteiger partial charge on any atom is 0.343 e. The van der Waals surface area contributed by atoms with E-state index in [4.69, 9.17) is 4.74 Å². The van der Waals surface area contributed by atoms with Crippen molar-refractivity contribution in [2.45, 2.75) is 25.8 Å². The number of benzene rings is 1. The highest BCUT2D eigenvalue weighted by molar-refractivity contribution is 5.95. The van der Waals surface area contributed by atoms with Crippen LogP contribution >= 0.6 is 0 Å². The molecule has 2 aromatic heterocycles. The molecule has 1 saturated heterocycles. The van der Waals surface area contributed by atoms with Gasteiger partial charge in [-0.15, -0.1) is 0 Å². The molecule has 27 heavy (non-hydrogen) atoms. The van der Waals surface area contributed by atoms with E-state index in [1.165, 1.54) is 28.9 Å². The van der Waals surface area contributed by atoms with Crippen LogP contribution in [-0.2, 0) is 4.74 Å². The fraction of sp³-hybridized carbons (Fsp3) is 0.316. The Bertz CT molecular complexity index is 1000. The van der Waals surface area contributed by atoms with Crippen LogP contribution in [0.3, 0.4) is 0 Å². The molecule has 0 spiro atoms. The summed E-state index contributed by atoms with van der Waals surface area (Å²) in [5.41, 5.74) is 1.23. The Morgan fingerprint density at radius 2 is 2.26 bits per heavy atom. The van der Waals surface area contributed by atoms with Gasteiger partial charge in [-0.05, 0) is 44.0 Å². The predicted molar refractivity (Wildman–Crippen MR) is 96.3 cm³/mol. The molecule has 8 heteroatoms. The topological polar surface area (TPSA) is 80.0 Å². The molecule has 1 N–H and O–H groups in total. The van der Waals surface area contributed by atoms with Crippen LogP contribution in [0.4, 0.5) is 10.2 Å². The summed E-state index contributed by atoms with van der Waals surface area (Å²) in [5, 5.41) is 14.3. The molecule has 3 heterocycles. The van der Waals surface area contributed by atoms with Crippen molar-refractivity contribution in [3.63, 3.8) is 0 Å². The van der Waals surface area contributed by atoms with Crippen LogP contribution in [0.15, 0.2) is 36.7 Å². The second-order valence-electron chi connectivity index (χ2n) is 6.39. The second kappa shape index (κ2) is 6.86. The zero-order valence-electron chi connectivity index (χ0n) is 14.8. The average Bonchev–Trinajstić information content (AvgIpc) is 3.30. The second-order valence-corrected chi connectivity index (χ2v) is 6.39. The maximum absolute atomic E-state index is 13.7. The van der Waals surface area contributed by atoms with Crippen molar-refractivity contribution < 1.29 is 19.0 Å². The zero-order chi connectivity index (χ0) is 19.0. The number of phenolic OH excluding ortho intramolecular Hbond substituents is 1. The molecule has 140 valence electrons. The number of phenols is 1. The fourth-order valence-electron chi connectivity index (χ4n) is 3.53. The highest BCUT2D eigenvalue weighted by Gasteiger charge is 2.30. The van der Waals surface area contributed by atoms with E-state index in [2.05, 4.69) is 10.1 Å². The lowest BCUT2D eigenvalue weighted by molar-refractivity contribution is 0.0528. The van der Waals surface area contributed by atoms with Crippen molar-refractivity contribution in [1.82, 2.24) is 14.6 Å². The first-order valence-electron chi connectivity index (χ1n) is 8.85. The van der Waals surface area contributed by atoms with E-state index >= 15 is 0 Å². The number of halogens is 1. The third-order valence-corrected chi connectivity index (χ3v) is 4.75. The summed E-state index contributed by atoms with van der Waals surface area (Å²) in [4.78, 5) is 18.7. The predicted octanol–water partition coefficient (Wildman–Crippen LogP) is 3.09. The van der Waals surface area contributed by atoms with Crippen LogP contribution in [0.1, 0.15) is 41.7 Å². The summed E-state index contributed by atoms with van der Waals surface area (Å²) in [7, 11) is 0. The summed E-state index contributed by atoms with van der Waals surface area (Å²) in [6.07, 6.45) is 4.82. The Balaban J connectivity index is 1.73. The van der Waals surface area contributed by atoms with Crippen molar-refractivity contribution in [1.29, 1.82) is 0 Å². The number of nitrogens with zero attached hydrogens (tertiary/aromatic N) is 4. The molecule has 0 radical (unpaired) electrons. The number of hydrogen-bond acceptors (Lipinski definition) is 6. The van der Waals surface area contributed by atoms with Crippen molar-refractivity contribution in [3.8, 4) is 5.75 Å². The highest BCUT2D eigenvalue weighted by atomic mass is 19.1. The first-order valence-corrected chi connectivity index (χ1v) is 8.85. The molecule has 1 aliphatic heterocycles. The molecule has 3 aromatic rings. The number of aromatic hydroxyl groups is 1. The van der Waals surface area contributed by atoms with Gasteiger partial charge in [0.25, 0.3) is 0 Å². The van der Waals surface area contributed by atoms with E-state index in [0.29, 0.717) is 29.1 Å². The summed E-state index contributed by atoms with van der Waals surface area (Å²) in [6, 6.07) is 5.57. The Hall–Kier alpha value is -3.16. The van der Waals surface area contributed by atoms with E-state index < -0.39 is 11.8 Å². The van der Waals surface area contributed by atoms with Gasteiger partial charge in [0.1, 0.15) is 22.9 Å². The summed E-state index contributed by atoms with van der Waals surface area (Å²) < 4.78 is 20.3. The van der Waals surface area contributed by atoms with E-state index in [1.54, 1.807) is 19.2 Å². The monoisotopic (exact) mass is 370 g/mol. The van der Waals surface area contributed by atoms with Crippen molar-refractivity contribution in [2.24, 2.45) is 0 Å². The van der Waals surface area contributed by atoms with Gasteiger partial charge in [0.15, 0.2) is 5.65 Å². The van der Waals surface area contributed by atoms with Gasteiger partial charge < -0.3 is 14.7 Å². The van der Waals surface area contributed by atoms with Crippen LogP contribution in [0, 0.1) is 5.82 Å². The SMILES string of the molecule is CCOC(=O)c1cnn2ccc(N3CCCC3c3cc(F)ccc3O)nc12. The Labute approximate surface area is 155 Å². The molecular weight excluding hydrogens is 351 g/mol. The largest absolute Gasteiger partial charge is 0.508 e. The number of carbonyl (C=O) groups is 1. The van der Waals surface area contributed by atoms with Gasteiger partial charge >= 0.3 is 5.97 Å². The van der Waals surface area contributed by atoms with Gasteiger partial charge in [-0.25, -0.2) is 18.7 Å². The number of ether oxygens (including phenoxy) is 1. The normalized spacial score (nSPS) is 16.8. The molecule has 1 aromatic carbocycles. The van der Waals surface area contributed by atoms with Crippen LogP contribution < -0.4 is 4.90 Å². The fourth-order valence-corrected chi connectivity index (χ4v) is 3.53. The van der Waals surface area contributed by atoms with E-state index in [9.17, 15) is 14.3 Å². The Kier molecular flexibility index (Phi) is 4.39. The first-order chi connectivity index (χ1) is 13.1. The zero-order valence-corrected chi connectivity index (χ0v) is 14.8. The number of esters is 1. The van der Waals surface area contributed by atoms with E-state index in [1.807, 2.05) is 4.90 Å². The number of aromatic nitrogens is 3. The molecule has 1 unspecified atom stereocenters. The summed E-state index contributed by atoms with van der Waals surface area (Å²) >= 11 is 0. The summed E-state index contributed by atoms with van der Waals surface area (Å²) in [6.45, 7) is 2.72. The van der Waals surface area contributed by atoms with Crippen LogP contribution in [0.25, 0.3) is 5.65 Å². The molecule has 0 amide bonds. The van der Waals surface area contributed by atoms with Crippen LogP contribution in [-0.4, -0.2) is 38.8 Å². The Morgan fingerprint density at radius 1 is 1.41 bits per heavy atom. The minimum atomic E-state index is -0.474. The molecular formula is C19H19FN4O3. The third-order valence-electron chi connectivity index (χ3n) is 4.75. The minimum absolute atomic E-state index is 0.0611.